The van der Waals surface area contributed by atoms with Crippen molar-refractivity contribution in [3.63, 3.8) is 0 Å². The average Bonchev–Trinajstić information content (AvgIpc) is 2.88. The maximum absolute atomic E-state index is 12.7. The van der Waals surface area contributed by atoms with Gasteiger partial charge in [0.15, 0.2) is 5.60 Å². The third kappa shape index (κ3) is 2.81. The SMILES string of the molecule is C=C/C=C\C1=C(C=C)S(=O)(=O)OC1(c1ccccc1)c1ccc(O)cc1. The first-order valence-electron chi connectivity index (χ1n) is 7.92. The minimum Gasteiger partial charge on any atom is -0.508 e. The lowest BCUT2D eigenvalue weighted by molar-refractivity contribution is 0.177. The van der Waals surface area contributed by atoms with Crippen LogP contribution in [0.4, 0.5) is 0 Å². The van der Waals surface area contributed by atoms with Crippen LogP contribution in [0.2, 0.25) is 0 Å². The van der Waals surface area contributed by atoms with Crippen LogP contribution in [-0.4, -0.2) is 13.5 Å². The van der Waals surface area contributed by atoms with Crippen LogP contribution in [-0.2, 0) is 19.9 Å². The molecule has 5 heteroatoms. The predicted octanol–water partition coefficient (Wildman–Crippen LogP) is 4.18. The van der Waals surface area contributed by atoms with E-state index in [1.807, 2.05) is 18.2 Å². The quantitative estimate of drug-likeness (QED) is 0.637. The van der Waals surface area contributed by atoms with Gasteiger partial charge in [0.1, 0.15) is 10.7 Å². The molecular weight excluding hydrogens is 348 g/mol. The van der Waals surface area contributed by atoms with E-state index >= 15 is 0 Å². The third-order valence-electron chi connectivity index (χ3n) is 4.19. The van der Waals surface area contributed by atoms with Crippen LogP contribution in [0.3, 0.4) is 0 Å². The molecule has 0 fully saturated rings. The van der Waals surface area contributed by atoms with E-state index in [1.54, 1.807) is 42.5 Å². The number of aromatic hydroxyl groups is 1. The molecule has 0 saturated carbocycles. The summed E-state index contributed by atoms with van der Waals surface area (Å²) in [6.45, 7) is 7.30. The third-order valence-corrected chi connectivity index (χ3v) is 5.58. The van der Waals surface area contributed by atoms with Crippen LogP contribution in [0.25, 0.3) is 0 Å². The van der Waals surface area contributed by atoms with E-state index < -0.39 is 15.7 Å². The zero-order valence-corrected chi connectivity index (χ0v) is 14.8. The zero-order chi connectivity index (χ0) is 18.8. The van der Waals surface area contributed by atoms with E-state index in [0.29, 0.717) is 16.7 Å². The second-order valence-corrected chi connectivity index (χ2v) is 7.22. The van der Waals surface area contributed by atoms with E-state index in [1.165, 1.54) is 18.2 Å². The normalized spacial score (nSPS) is 21.8. The molecule has 1 atom stereocenters. The highest BCUT2D eigenvalue weighted by Gasteiger charge is 2.51. The van der Waals surface area contributed by atoms with Crippen molar-refractivity contribution in [3.05, 3.63) is 114 Å². The van der Waals surface area contributed by atoms with E-state index in [9.17, 15) is 13.5 Å². The van der Waals surface area contributed by atoms with Crippen molar-refractivity contribution < 1.29 is 17.7 Å². The van der Waals surface area contributed by atoms with Gasteiger partial charge in [0.05, 0.1) is 0 Å². The maximum Gasteiger partial charge on any atom is 0.298 e. The monoisotopic (exact) mass is 366 g/mol. The molecule has 1 aliphatic heterocycles. The van der Waals surface area contributed by atoms with Crippen molar-refractivity contribution in [2.75, 3.05) is 0 Å². The Hall–Kier alpha value is -2.89. The molecule has 4 nitrogen and oxygen atoms in total. The molecule has 132 valence electrons. The highest BCUT2D eigenvalue weighted by Crippen LogP contribution is 2.50. The molecule has 3 rings (SSSR count). The Morgan fingerprint density at radius 1 is 0.962 bits per heavy atom. The first-order valence-corrected chi connectivity index (χ1v) is 9.33. The van der Waals surface area contributed by atoms with E-state index in [4.69, 9.17) is 4.18 Å². The second-order valence-electron chi connectivity index (χ2n) is 5.71. The first-order chi connectivity index (χ1) is 12.5. The van der Waals surface area contributed by atoms with Gasteiger partial charge in [0.2, 0.25) is 0 Å². The Balaban J connectivity index is 2.42. The second kappa shape index (κ2) is 6.78. The summed E-state index contributed by atoms with van der Waals surface area (Å²) in [6, 6.07) is 15.4. The number of benzene rings is 2. The molecule has 26 heavy (non-hydrogen) atoms. The van der Waals surface area contributed by atoms with E-state index in [2.05, 4.69) is 13.2 Å². The summed E-state index contributed by atoms with van der Waals surface area (Å²) in [6.07, 6.45) is 6.16. The highest BCUT2D eigenvalue weighted by molar-refractivity contribution is 7.91. The molecule has 0 spiro atoms. The minimum absolute atomic E-state index is 0.00697. The van der Waals surface area contributed by atoms with Crippen LogP contribution >= 0.6 is 0 Å². The molecule has 0 amide bonds. The minimum atomic E-state index is -4.02. The first kappa shape index (κ1) is 17.9. The van der Waals surface area contributed by atoms with Crippen molar-refractivity contribution in [1.82, 2.24) is 0 Å². The van der Waals surface area contributed by atoms with Gasteiger partial charge in [-0.1, -0.05) is 73.9 Å². The average molecular weight is 366 g/mol. The van der Waals surface area contributed by atoms with Gasteiger partial charge in [0.25, 0.3) is 10.1 Å². The fourth-order valence-electron chi connectivity index (χ4n) is 3.08. The fourth-order valence-corrected chi connectivity index (χ4v) is 4.47. The summed E-state index contributed by atoms with van der Waals surface area (Å²) in [5, 5.41) is 9.65. The molecule has 0 aliphatic carbocycles. The smallest absolute Gasteiger partial charge is 0.298 e. The molecular formula is C21H18O4S. The molecule has 1 aliphatic rings. The van der Waals surface area contributed by atoms with Gasteiger partial charge in [-0.2, -0.15) is 8.42 Å². The summed E-state index contributed by atoms with van der Waals surface area (Å²) in [7, 11) is -4.02. The van der Waals surface area contributed by atoms with E-state index in [0.717, 1.165) is 0 Å². The molecule has 2 aromatic carbocycles. The van der Waals surface area contributed by atoms with Crippen molar-refractivity contribution in [1.29, 1.82) is 0 Å². The Morgan fingerprint density at radius 3 is 2.15 bits per heavy atom. The lowest BCUT2D eigenvalue weighted by atomic mass is 9.79. The largest absolute Gasteiger partial charge is 0.508 e. The summed E-state index contributed by atoms with van der Waals surface area (Å²) in [4.78, 5) is 0.00697. The summed E-state index contributed by atoms with van der Waals surface area (Å²) < 4.78 is 31.2. The topological polar surface area (TPSA) is 63.6 Å². The summed E-state index contributed by atoms with van der Waals surface area (Å²) in [5.74, 6) is 0.0777. The van der Waals surface area contributed by atoms with Gasteiger partial charge in [-0.3, -0.25) is 0 Å². The Morgan fingerprint density at radius 2 is 1.58 bits per heavy atom. The summed E-state index contributed by atoms with van der Waals surface area (Å²) >= 11 is 0. The molecule has 2 aromatic rings. The predicted molar refractivity (Wildman–Crippen MR) is 102 cm³/mol. The van der Waals surface area contributed by atoms with Crippen LogP contribution in [0, 0.1) is 0 Å². The number of hydrogen-bond donors (Lipinski definition) is 1. The fraction of sp³-hybridized carbons (Fsp3) is 0.0476. The van der Waals surface area contributed by atoms with Gasteiger partial charge in [-0.15, -0.1) is 0 Å². The zero-order valence-electron chi connectivity index (χ0n) is 14.0. The van der Waals surface area contributed by atoms with Crippen molar-refractivity contribution >= 4 is 10.1 Å². The molecule has 1 N–H and O–H groups in total. The van der Waals surface area contributed by atoms with Crippen molar-refractivity contribution in [2.24, 2.45) is 0 Å². The van der Waals surface area contributed by atoms with Crippen LogP contribution in [0.5, 0.6) is 5.75 Å². The Kier molecular flexibility index (Phi) is 4.68. The van der Waals surface area contributed by atoms with Crippen LogP contribution in [0.15, 0.2) is 103 Å². The van der Waals surface area contributed by atoms with Crippen LogP contribution < -0.4 is 0 Å². The Bertz CT molecular complexity index is 1000. The number of hydrogen-bond acceptors (Lipinski definition) is 4. The number of rotatable bonds is 5. The molecule has 0 radical (unpaired) electrons. The van der Waals surface area contributed by atoms with Crippen molar-refractivity contribution in [3.8, 4) is 5.75 Å². The highest BCUT2D eigenvalue weighted by atomic mass is 32.2. The number of allylic oxidation sites excluding steroid dienone is 3. The number of phenolic OH excluding ortho intramolecular Hbond substituents is 1. The lowest BCUT2D eigenvalue weighted by Crippen LogP contribution is -2.30. The molecule has 0 saturated heterocycles. The van der Waals surface area contributed by atoms with Gasteiger partial charge >= 0.3 is 0 Å². The number of phenols is 1. The molecule has 0 bridgehead atoms. The summed E-state index contributed by atoms with van der Waals surface area (Å²) in [5.41, 5.74) is 0.279. The van der Waals surface area contributed by atoms with E-state index in [-0.39, 0.29) is 10.7 Å². The van der Waals surface area contributed by atoms with Gasteiger partial charge in [0, 0.05) is 5.57 Å². The lowest BCUT2D eigenvalue weighted by Gasteiger charge is -2.30. The Labute approximate surface area is 153 Å². The van der Waals surface area contributed by atoms with Gasteiger partial charge in [-0.25, -0.2) is 4.18 Å². The van der Waals surface area contributed by atoms with Gasteiger partial charge < -0.3 is 5.11 Å². The molecule has 1 heterocycles. The maximum atomic E-state index is 12.7. The van der Waals surface area contributed by atoms with Crippen molar-refractivity contribution in [2.45, 2.75) is 5.60 Å². The standard InChI is InChI=1S/C21H18O4S/c1-3-5-11-19-20(4-2)26(23,24)25-21(19,16-9-7-6-8-10-16)17-12-14-18(22)15-13-17/h3-15,22H,1-2H2/b11-5-. The molecule has 1 unspecified atom stereocenters. The van der Waals surface area contributed by atoms with Crippen LogP contribution in [0.1, 0.15) is 11.1 Å². The molecule has 0 aromatic heterocycles. The van der Waals surface area contributed by atoms with Gasteiger partial charge in [-0.05, 0) is 29.3 Å².